The van der Waals surface area contributed by atoms with Crippen molar-refractivity contribution in [2.24, 2.45) is 4.99 Å². The number of fused-ring (bicyclic) bond motifs is 1. The van der Waals surface area contributed by atoms with Crippen molar-refractivity contribution in [3.63, 3.8) is 0 Å². The van der Waals surface area contributed by atoms with E-state index in [1.54, 1.807) is 12.1 Å². The monoisotopic (exact) mass is 523 g/mol. The third-order valence-electron chi connectivity index (χ3n) is 4.67. The van der Waals surface area contributed by atoms with Crippen LogP contribution in [0.5, 0.6) is 0 Å². The van der Waals surface area contributed by atoms with E-state index in [1.807, 2.05) is 6.20 Å². The molecule has 0 unspecified atom stereocenters. The maximum Gasteiger partial charge on any atom is 0.191 e. The predicted molar refractivity (Wildman–Crippen MR) is 134 cm³/mol. The van der Waals surface area contributed by atoms with E-state index in [9.17, 15) is 4.39 Å². The molecule has 0 saturated heterocycles. The summed E-state index contributed by atoms with van der Waals surface area (Å²) in [6.07, 6.45) is 2.73. The summed E-state index contributed by atoms with van der Waals surface area (Å²) in [4.78, 5) is 10.1. The van der Waals surface area contributed by atoms with Crippen molar-refractivity contribution in [1.29, 1.82) is 0 Å². The number of nitrogens with zero attached hydrogens (tertiary/aromatic N) is 2. The van der Waals surface area contributed by atoms with Crippen molar-refractivity contribution in [1.82, 2.24) is 20.5 Å². The van der Waals surface area contributed by atoms with Gasteiger partial charge in [-0.1, -0.05) is 24.3 Å². The molecule has 1 aromatic heterocycles. The zero-order chi connectivity index (χ0) is 20.6. The molecule has 30 heavy (non-hydrogen) atoms. The Morgan fingerprint density at radius 3 is 2.67 bits per heavy atom. The molecule has 2 aromatic carbocycles. The molecular formula is C23H31FIN5. The summed E-state index contributed by atoms with van der Waals surface area (Å²) < 4.78 is 13.5. The number of aliphatic imine (C=N–C) groups is 1. The highest BCUT2D eigenvalue weighted by Gasteiger charge is 2.06. The van der Waals surface area contributed by atoms with Gasteiger partial charge >= 0.3 is 0 Å². The third-order valence-corrected chi connectivity index (χ3v) is 4.67. The first-order valence-electron chi connectivity index (χ1n) is 10.1. The largest absolute Gasteiger partial charge is 0.361 e. The van der Waals surface area contributed by atoms with Crippen LogP contribution >= 0.6 is 24.0 Å². The van der Waals surface area contributed by atoms with Crippen molar-refractivity contribution < 1.29 is 4.39 Å². The number of rotatable bonds is 8. The Morgan fingerprint density at radius 1 is 1.10 bits per heavy atom. The molecule has 0 saturated carbocycles. The van der Waals surface area contributed by atoms with Crippen LogP contribution in [0.2, 0.25) is 0 Å². The summed E-state index contributed by atoms with van der Waals surface area (Å²) in [6, 6.07) is 13.4. The Labute approximate surface area is 195 Å². The van der Waals surface area contributed by atoms with E-state index in [0.29, 0.717) is 6.54 Å². The molecule has 0 atom stereocenters. The number of guanidine groups is 1. The molecule has 0 aliphatic heterocycles. The fourth-order valence-corrected chi connectivity index (χ4v) is 3.38. The molecule has 0 aliphatic carbocycles. The summed E-state index contributed by atoms with van der Waals surface area (Å²) in [6.45, 7) is 5.11. The standard InChI is InChI=1S/C23H30FN5.HI/c1-4-25-23(28-14-17-6-5-7-18(12-17)16-29(2)3)26-11-10-19-15-27-22-9-8-20(24)13-21(19)22;/h5-9,12-13,15,27H,4,10-11,14,16H2,1-3H3,(H2,25,26,28);1H. The quantitative estimate of drug-likeness (QED) is 0.235. The summed E-state index contributed by atoms with van der Waals surface area (Å²) in [5, 5.41) is 7.60. The highest BCUT2D eigenvalue weighted by atomic mass is 127. The van der Waals surface area contributed by atoms with Crippen molar-refractivity contribution in [2.75, 3.05) is 27.2 Å². The van der Waals surface area contributed by atoms with Gasteiger partial charge in [0.25, 0.3) is 0 Å². The van der Waals surface area contributed by atoms with Gasteiger partial charge in [0, 0.05) is 36.7 Å². The number of halogens is 2. The molecule has 3 N–H and O–H groups in total. The average Bonchev–Trinajstić information content (AvgIpc) is 3.08. The van der Waals surface area contributed by atoms with Crippen LogP contribution in [0, 0.1) is 5.82 Å². The maximum absolute atomic E-state index is 13.5. The van der Waals surface area contributed by atoms with Crippen LogP contribution in [0.1, 0.15) is 23.6 Å². The highest BCUT2D eigenvalue weighted by Crippen LogP contribution is 2.19. The molecule has 162 valence electrons. The Hall–Kier alpha value is -2.13. The van der Waals surface area contributed by atoms with Gasteiger partial charge < -0.3 is 20.5 Å². The van der Waals surface area contributed by atoms with E-state index in [1.165, 1.54) is 17.2 Å². The molecule has 3 aromatic rings. The van der Waals surface area contributed by atoms with Crippen LogP contribution in [0.15, 0.2) is 53.7 Å². The SMILES string of the molecule is CCNC(=NCc1cccc(CN(C)C)c1)NCCc1c[nH]c2ccc(F)cc12.I. The summed E-state index contributed by atoms with van der Waals surface area (Å²) in [5.74, 6) is 0.578. The number of aromatic amines is 1. The van der Waals surface area contributed by atoms with Crippen molar-refractivity contribution >= 4 is 40.8 Å². The van der Waals surface area contributed by atoms with Gasteiger partial charge in [-0.05, 0) is 62.3 Å². The van der Waals surface area contributed by atoms with Gasteiger partial charge in [-0.15, -0.1) is 24.0 Å². The van der Waals surface area contributed by atoms with Crippen LogP contribution in [-0.2, 0) is 19.5 Å². The Kier molecular flexibility index (Phi) is 9.58. The second-order valence-corrected chi connectivity index (χ2v) is 7.43. The van der Waals surface area contributed by atoms with E-state index >= 15 is 0 Å². The Morgan fingerprint density at radius 2 is 1.90 bits per heavy atom. The molecule has 7 heteroatoms. The average molecular weight is 523 g/mol. The highest BCUT2D eigenvalue weighted by molar-refractivity contribution is 14.0. The first kappa shape index (κ1) is 24.1. The van der Waals surface area contributed by atoms with E-state index < -0.39 is 0 Å². The lowest BCUT2D eigenvalue weighted by atomic mass is 10.1. The molecular weight excluding hydrogens is 492 g/mol. The molecule has 1 heterocycles. The lowest BCUT2D eigenvalue weighted by Gasteiger charge is -2.12. The smallest absolute Gasteiger partial charge is 0.191 e. The zero-order valence-electron chi connectivity index (χ0n) is 17.8. The van der Waals surface area contributed by atoms with Crippen molar-refractivity contribution in [2.45, 2.75) is 26.4 Å². The molecule has 3 rings (SSSR count). The summed E-state index contributed by atoms with van der Waals surface area (Å²) >= 11 is 0. The number of aromatic nitrogens is 1. The van der Waals surface area contributed by atoms with Crippen molar-refractivity contribution in [3.05, 3.63) is 71.2 Å². The van der Waals surface area contributed by atoms with Crippen LogP contribution < -0.4 is 10.6 Å². The van der Waals surface area contributed by atoms with Crippen LogP contribution in [-0.4, -0.2) is 43.0 Å². The second-order valence-electron chi connectivity index (χ2n) is 7.43. The van der Waals surface area contributed by atoms with Gasteiger partial charge in [0.15, 0.2) is 5.96 Å². The number of H-pyrrole nitrogens is 1. The number of hydrogen-bond acceptors (Lipinski definition) is 2. The van der Waals surface area contributed by atoms with Crippen molar-refractivity contribution in [3.8, 4) is 0 Å². The molecule has 0 aliphatic rings. The van der Waals surface area contributed by atoms with Crippen LogP contribution in [0.4, 0.5) is 4.39 Å². The van der Waals surface area contributed by atoms with Gasteiger partial charge in [0.05, 0.1) is 6.54 Å². The molecule has 0 amide bonds. The topological polar surface area (TPSA) is 55.5 Å². The summed E-state index contributed by atoms with van der Waals surface area (Å²) in [5.41, 5.74) is 4.53. The lowest BCUT2D eigenvalue weighted by Crippen LogP contribution is -2.38. The Bertz CT molecular complexity index is 967. The van der Waals surface area contributed by atoms with E-state index in [2.05, 4.69) is 65.8 Å². The lowest BCUT2D eigenvalue weighted by molar-refractivity contribution is 0.402. The normalized spacial score (nSPS) is 11.6. The van der Waals surface area contributed by atoms with E-state index in [-0.39, 0.29) is 29.8 Å². The third kappa shape index (κ3) is 6.98. The number of benzene rings is 2. The number of nitrogens with one attached hydrogen (secondary N) is 3. The van der Waals surface area contributed by atoms with Crippen LogP contribution in [0.3, 0.4) is 0 Å². The minimum atomic E-state index is -0.210. The Balaban J connectivity index is 0.00000320. The van der Waals surface area contributed by atoms with Gasteiger partial charge in [-0.25, -0.2) is 9.38 Å². The number of hydrogen-bond donors (Lipinski definition) is 3. The first-order chi connectivity index (χ1) is 14.0. The van der Waals surface area contributed by atoms with Gasteiger partial charge in [-0.3, -0.25) is 0 Å². The summed E-state index contributed by atoms with van der Waals surface area (Å²) in [7, 11) is 4.14. The molecule has 0 fully saturated rings. The fraction of sp³-hybridized carbons (Fsp3) is 0.348. The molecule has 0 bridgehead atoms. The molecule has 5 nitrogen and oxygen atoms in total. The van der Waals surface area contributed by atoms with E-state index in [4.69, 9.17) is 4.99 Å². The van der Waals surface area contributed by atoms with E-state index in [0.717, 1.165) is 48.5 Å². The minimum absolute atomic E-state index is 0. The minimum Gasteiger partial charge on any atom is -0.361 e. The fourth-order valence-electron chi connectivity index (χ4n) is 3.38. The van der Waals surface area contributed by atoms with Gasteiger partial charge in [0.1, 0.15) is 5.82 Å². The van der Waals surface area contributed by atoms with Gasteiger partial charge in [0.2, 0.25) is 0 Å². The van der Waals surface area contributed by atoms with Crippen LogP contribution in [0.25, 0.3) is 10.9 Å². The first-order valence-corrected chi connectivity index (χ1v) is 10.1. The zero-order valence-corrected chi connectivity index (χ0v) is 20.2. The second kappa shape index (κ2) is 11.9. The predicted octanol–water partition coefficient (Wildman–Crippen LogP) is 4.28. The maximum atomic E-state index is 13.5. The molecule has 0 radical (unpaired) electrons. The van der Waals surface area contributed by atoms with Gasteiger partial charge in [-0.2, -0.15) is 0 Å². The molecule has 0 spiro atoms.